The molecule has 8 nitrogen and oxygen atoms in total. The number of aliphatic hydroxyl groups is 3. The van der Waals surface area contributed by atoms with Crippen molar-refractivity contribution in [3.63, 3.8) is 0 Å². The Morgan fingerprint density at radius 3 is 2.24 bits per heavy atom. The van der Waals surface area contributed by atoms with Gasteiger partial charge in [0.1, 0.15) is 6.10 Å². The zero-order valence-corrected chi connectivity index (χ0v) is 12.2. The van der Waals surface area contributed by atoms with E-state index in [4.69, 9.17) is 9.84 Å². The largest absolute Gasteiger partial charge is 0.477 e. The summed E-state index contributed by atoms with van der Waals surface area (Å²) < 4.78 is 4.82. The van der Waals surface area contributed by atoms with Gasteiger partial charge in [0.05, 0.1) is 6.10 Å². The fraction of sp³-hybridized carbons (Fsp3) is 0.846. The number of nitrogens with zero attached hydrogens (tertiary/aromatic N) is 1. The molecule has 0 aliphatic carbocycles. The van der Waals surface area contributed by atoms with E-state index in [2.05, 4.69) is 0 Å². The van der Waals surface area contributed by atoms with Crippen molar-refractivity contribution >= 4 is 11.9 Å². The van der Waals surface area contributed by atoms with Crippen LogP contribution in [-0.2, 0) is 14.3 Å². The molecule has 122 valence electrons. The molecule has 1 aliphatic rings. The van der Waals surface area contributed by atoms with E-state index < -0.39 is 42.4 Å². The van der Waals surface area contributed by atoms with Crippen LogP contribution in [0.3, 0.4) is 0 Å². The van der Waals surface area contributed by atoms with Crippen molar-refractivity contribution in [3.05, 3.63) is 0 Å². The van der Waals surface area contributed by atoms with E-state index in [1.807, 2.05) is 13.8 Å². The number of aliphatic hydroxyl groups excluding tert-OH is 2. The molecule has 0 aromatic rings. The fourth-order valence-corrected chi connectivity index (χ4v) is 2.36. The van der Waals surface area contributed by atoms with E-state index in [1.54, 1.807) is 0 Å². The Kier molecular flexibility index (Phi) is 6.09. The molecule has 0 saturated carbocycles. The van der Waals surface area contributed by atoms with Gasteiger partial charge in [0.15, 0.2) is 6.10 Å². The second-order valence-electron chi connectivity index (χ2n) is 5.21. The van der Waals surface area contributed by atoms with E-state index >= 15 is 0 Å². The minimum atomic E-state index is -2.58. The lowest BCUT2D eigenvalue weighted by Crippen LogP contribution is -2.49. The molecule has 0 aromatic carbocycles. The number of ether oxygens (including phenoxy) is 1. The average molecular weight is 305 g/mol. The van der Waals surface area contributed by atoms with Gasteiger partial charge in [-0.2, -0.15) is 0 Å². The lowest BCUT2D eigenvalue weighted by Gasteiger charge is -2.28. The van der Waals surface area contributed by atoms with Crippen LogP contribution in [0, 0.1) is 0 Å². The van der Waals surface area contributed by atoms with Gasteiger partial charge in [-0.3, -0.25) is 4.79 Å². The summed E-state index contributed by atoms with van der Waals surface area (Å²) in [6.45, 7) is 4.64. The number of carbonyl (C=O) groups is 2. The molecule has 1 aliphatic heterocycles. The van der Waals surface area contributed by atoms with Crippen molar-refractivity contribution in [2.24, 2.45) is 0 Å². The van der Waals surface area contributed by atoms with Gasteiger partial charge in [0.2, 0.25) is 0 Å². The number of hydrogen-bond donors (Lipinski definition) is 4. The highest BCUT2D eigenvalue weighted by Gasteiger charge is 2.54. The van der Waals surface area contributed by atoms with Crippen LogP contribution in [-0.4, -0.2) is 74.4 Å². The van der Waals surface area contributed by atoms with Crippen molar-refractivity contribution in [2.75, 3.05) is 13.1 Å². The minimum absolute atomic E-state index is 0.440. The highest BCUT2D eigenvalue weighted by molar-refractivity contribution is 5.82. The number of hydrogen-bond acceptors (Lipinski definition) is 6. The topological polar surface area (TPSA) is 128 Å². The number of amides is 1. The summed E-state index contributed by atoms with van der Waals surface area (Å²) >= 11 is 0. The smallest absolute Gasteiger partial charge is 0.364 e. The molecule has 4 N–H and O–H groups in total. The SMILES string of the molecule is CCCN(CCC)C(=O)[C@H](O)[C@@H]1OC(O)(C(=O)O)C[C@@H]1O. The Hall–Kier alpha value is -1.22. The molecule has 8 heteroatoms. The van der Waals surface area contributed by atoms with Gasteiger partial charge in [-0.1, -0.05) is 13.8 Å². The third-order valence-corrected chi connectivity index (χ3v) is 3.39. The predicted molar refractivity (Wildman–Crippen MR) is 71.3 cm³/mol. The average Bonchev–Trinajstić information content (AvgIpc) is 2.73. The molecule has 1 rings (SSSR count). The lowest BCUT2D eigenvalue weighted by molar-refractivity contribution is -0.225. The molecule has 0 radical (unpaired) electrons. The normalized spacial score (nSPS) is 30.1. The summed E-state index contributed by atoms with van der Waals surface area (Å²) in [5, 5.41) is 38.3. The van der Waals surface area contributed by atoms with Crippen molar-refractivity contribution in [1.82, 2.24) is 4.90 Å². The second-order valence-corrected chi connectivity index (χ2v) is 5.21. The first-order valence-electron chi connectivity index (χ1n) is 7.05. The molecule has 1 unspecified atom stereocenters. The van der Waals surface area contributed by atoms with E-state index in [-0.39, 0.29) is 0 Å². The van der Waals surface area contributed by atoms with Crippen LogP contribution < -0.4 is 0 Å². The van der Waals surface area contributed by atoms with Crippen LogP contribution in [0.1, 0.15) is 33.1 Å². The molecule has 1 amide bonds. The molecular formula is C13H23NO7. The molecule has 1 heterocycles. The molecule has 0 spiro atoms. The fourth-order valence-electron chi connectivity index (χ4n) is 2.36. The van der Waals surface area contributed by atoms with Gasteiger partial charge in [0.25, 0.3) is 11.7 Å². The van der Waals surface area contributed by atoms with Gasteiger partial charge in [-0.05, 0) is 12.8 Å². The van der Waals surface area contributed by atoms with Crippen molar-refractivity contribution in [2.45, 2.75) is 57.2 Å². The first-order chi connectivity index (χ1) is 9.76. The summed E-state index contributed by atoms with van der Waals surface area (Å²) in [7, 11) is 0. The molecule has 0 aromatic heterocycles. The molecular weight excluding hydrogens is 282 g/mol. The number of carboxylic acids is 1. The third kappa shape index (κ3) is 3.91. The van der Waals surface area contributed by atoms with E-state index in [0.29, 0.717) is 25.9 Å². The molecule has 1 saturated heterocycles. The van der Waals surface area contributed by atoms with Crippen LogP contribution in [0.15, 0.2) is 0 Å². The Labute approximate surface area is 122 Å². The monoisotopic (exact) mass is 305 g/mol. The Morgan fingerprint density at radius 2 is 1.86 bits per heavy atom. The Morgan fingerprint density at radius 1 is 1.33 bits per heavy atom. The standard InChI is InChI=1S/C13H23NO7/c1-3-5-14(6-4-2)11(17)9(16)10-8(15)7-13(20,21-10)12(18)19/h8-10,15-16,20H,3-7H2,1-2H3,(H,18,19)/t8-,9+,10+,13?/m0/s1. The number of aliphatic carboxylic acids is 1. The van der Waals surface area contributed by atoms with Gasteiger partial charge >= 0.3 is 5.97 Å². The highest BCUT2D eigenvalue weighted by Crippen LogP contribution is 2.31. The van der Waals surface area contributed by atoms with Crippen LogP contribution >= 0.6 is 0 Å². The lowest BCUT2D eigenvalue weighted by atomic mass is 10.0. The molecule has 0 bridgehead atoms. The summed E-state index contributed by atoms with van der Waals surface area (Å²) in [5.74, 6) is -4.88. The van der Waals surface area contributed by atoms with E-state index in [0.717, 1.165) is 0 Å². The maximum atomic E-state index is 12.2. The van der Waals surface area contributed by atoms with Crippen LogP contribution in [0.4, 0.5) is 0 Å². The number of carbonyl (C=O) groups excluding carboxylic acids is 1. The van der Waals surface area contributed by atoms with Gasteiger partial charge in [-0.25, -0.2) is 4.79 Å². The van der Waals surface area contributed by atoms with Gasteiger partial charge in [0, 0.05) is 19.5 Å². The molecule has 21 heavy (non-hydrogen) atoms. The van der Waals surface area contributed by atoms with Gasteiger partial charge in [-0.15, -0.1) is 0 Å². The van der Waals surface area contributed by atoms with Crippen molar-refractivity contribution in [1.29, 1.82) is 0 Å². The van der Waals surface area contributed by atoms with Crippen LogP contribution in [0.2, 0.25) is 0 Å². The minimum Gasteiger partial charge on any atom is -0.477 e. The maximum Gasteiger partial charge on any atom is 0.364 e. The van der Waals surface area contributed by atoms with Gasteiger partial charge < -0.3 is 30.1 Å². The first-order valence-corrected chi connectivity index (χ1v) is 7.05. The predicted octanol–water partition coefficient (Wildman–Crippen LogP) is -1.08. The Bertz CT molecular complexity index is 383. The number of carboxylic acid groups (broad SMARTS) is 1. The molecule has 4 atom stereocenters. The van der Waals surface area contributed by atoms with Crippen LogP contribution in [0.5, 0.6) is 0 Å². The van der Waals surface area contributed by atoms with E-state index in [1.165, 1.54) is 4.90 Å². The Balaban J connectivity index is 2.80. The summed E-state index contributed by atoms with van der Waals surface area (Å²) in [5.41, 5.74) is 0. The summed E-state index contributed by atoms with van der Waals surface area (Å²) in [6, 6.07) is 0. The summed E-state index contributed by atoms with van der Waals surface area (Å²) in [4.78, 5) is 24.5. The van der Waals surface area contributed by atoms with E-state index in [9.17, 15) is 24.9 Å². The van der Waals surface area contributed by atoms with Crippen LogP contribution in [0.25, 0.3) is 0 Å². The highest BCUT2D eigenvalue weighted by atomic mass is 16.7. The summed E-state index contributed by atoms with van der Waals surface area (Å²) in [6.07, 6.45) is -3.81. The maximum absolute atomic E-state index is 12.2. The number of rotatable bonds is 7. The third-order valence-electron chi connectivity index (χ3n) is 3.39. The van der Waals surface area contributed by atoms with Crippen molar-refractivity contribution < 1.29 is 34.8 Å². The zero-order valence-electron chi connectivity index (χ0n) is 12.2. The molecule has 1 fully saturated rings. The van der Waals surface area contributed by atoms with Crippen molar-refractivity contribution in [3.8, 4) is 0 Å². The second kappa shape index (κ2) is 7.17. The first kappa shape index (κ1) is 17.8. The zero-order chi connectivity index (χ0) is 16.2. The quantitative estimate of drug-likeness (QED) is 0.471.